The van der Waals surface area contributed by atoms with Crippen molar-refractivity contribution >= 4 is 5.82 Å². The fourth-order valence-corrected chi connectivity index (χ4v) is 1.75. The molecule has 0 bridgehead atoms. The minimum absolute atomic E-state index is 0.474. The summed E-state index contributed by atoms with van der Waals surface area (Å²) in [5, 5.41) is 12.1. The van der Waals surface area contributed by atoms with E-state index in [1.54, 1.807) is 13.3 Å². The van der Waals surface area contributed by atoms with Crippen molar-refractivity contribution in [2.24, 2.45) is 0 Å². The molecule has 2 rings (SSSR count). The minimum atomic E-state index is 0.474. The molecule has 0 atom stereocenters. The van der Waals surface area contributed by atoms with Crippen molar-refractivity contribution in [2.45, 2.75) is 0 Å². The standard InChI is InChI=1S/C11H14N4O/c1-16-10-6-11(14-8-9(10)7-12)15-4-2-13-3-5-15/h6,8,13H,2-5H2,1H3. The van der Waals surface area contributed by atoms with Gasteiger partial charge in [-0.05, 0) is 0 Å². The number of aromatic nitrogens is 1. The predicted octanol–water partition coefficient (Wildman–Crippen LogP) is 0.371. The first kappa shape index (κ1) is 10.7. The molecule has 0 saturated carbocycles. The van der Waals surface area contributed by atoms with Crippen molar-refractivity contribution in [3.05, 3.63) is 17.8 Å². The van der Waals surface area contributed by atoms with Crippen LogP contribution in [0.1, 0.15) is 5.56 Å². The monoisotopic (exact) mass is 218 g/mol. The summed E-state index contributed by atoms with van der Waals surface area (Å²) in [6.45, 7) is 3.79. The molecule has 1 saturated heterocycles. The highest BCUT2D eigenvalue weighted by molar-refractivity contribution is 5.51. The zero-order valence-electron chi connectivity index (χ0n) is 9.23. The quantitative estimate of drug-likeness (QED) is 0.777. The Kier molecular flexibility index (Phi) is 3.22. The highest BCUT2D eigenvalue weighted by Gasteiger charge is 2.13. The Morgan fingerprint density at radius 1 is 1.50 bits per heavy atom. The minimum Gasteiger partial charge on any atom is -0.495 e. The van der Waals surface area contributed by atoms with E-state index in [2.05, 4.69) is 21.3 Å². The van der Waals surface area contributed by atoms with Gasteiger partial charge in [0.1, 0.15) is 23.2 Å². The lowest BCUT2D eigenvalue weighted by Crippen LogP contribution is -2.43. The summed E-state index contributed by atoms with van der Waals surface area (Å²) in [7, 11) is 1.57. The summed E-state index contributed by atoms with van der Waals surface area (Å²) in [5.41, 5.74) is 0.474. The molecule has 1 aliphatic rings. The molecule has 0 spiro atoms. The van der Waals surface area contributed by atoms with Gasteiger partial charge >= 0.3 is 0 Å². The van der Waals surface area contributed by atoms with E-state index in [0.717, 1.165) is 32.0 Å². The first-order valence-corrected chi connectivity index (χ1v) is 5.25. The topological polar surface area (TPSA) is 61.2 Å². The lowest BCUT2D eigenvalue weighted by atomic mass is 10.2. The molecule has 1 N–H and O–H groups in total. The molecule has 0 radical (unpaired) electrons. The maximum Gasteiger partial charge on any atom is 0.141 e. The van der Waals surface area contributed by atoms with Gasteiger partial charge in [-0.2, -0.15) is 5.26 Å². The van der Waals surface area contributed by atoms with Gasteiger partial charge in [0.2, 0.25) is 0 Å². The van der Waals surface area contributed by atoms with Gasteiger partial charge in [-0.25, -0.2) is 4.98 Å². The molecule has 1 aromatic heterocycles. The lowest BCUT2D eigenvalue weighted by Gasteiger charge is -2.28. The third-order valence-corrected chi connectivity index (χ3v) is 2.63. The van der Waals surface area contributed by atoms with Crippen LogP contribution >= 0.6 is 0 Å². The van der Waals surface area contributed by atoms with Gasteiger partial charge in [-0.15, -0.1) is 0 Å². The van der Waals surface area contributed by atoms with E-state index in [9.17, 15) is 0 Å². The second kappa shape index (κ2) is 4.81. The molecule has 84 valence electrons. The molecule has 1 aliphatic heterocycles. The summed E-state index contributed by atoms with van der Waals surface area (Å²) in [6.07, 6.45) is 1.57. The zero-order valence-corrected chi connectivity index (χ0v) is 9.23. The number of nitrogens with one attached hydrogen (secondary N) is 1. The maximum absolute atomic E-state index is 8.86. The normalized spacial score (nSPS) is 15.6. The number of piperazine rings is 1. The lowest BCUT2D eigenvalue weighted by molar-refractivity contribution is 0.412. The fourth-order valence-electron chi connectivity index (χ4n) is 1.75. The number of hydrogen-bond donors (Lipinski definition) is 1. The zero-order chi connectivity index (χ0) is 11.4. The molecule has 0 amide bonds. The van der Waals surface area contributed by atoms with Gasteiger partial charge in [0, 0.05) is 32.2 Å². The van der Waals surface area contributed by atoms with Crippen LogP contribution in [0.2, 0.25) is 0 Å². The molecule has 2 heterocycles. The van der Waals surface area contributed by atoms with Crippen LogP contribution in [0.5, 0.6) is 5.75 Å². The van der Waals surface area contributed by atoms with Gasteiger partial charge in [0.15, 0.2) is 0 Å². The Morgan fingerprint density at radius 2 is 2.25 bits per heavy atom. The number of anilines is 1. The van der Waals surface area contributed by atoms with E-state index in [0.29, 0.717) is 11.3 Å². The Bertz CT molecular complexity index is 407. The number of nitriles is 1. The average Bonchev–Trinajstić information content (AvgIpc) is 2.39. The van der Waals surface area contributed by atoms with Gasteiger partial charge in [0.05, 0.1) is 13.3 Å². The Hall–Kier alpha value is -1.80. The van der Waals surface area contributed by atoms with Crippen molar-refractivity contribution < 1.29 is 4.74 Å². The van der Waals surface area contributed by atoms with E-state index in [1.807, 2.05) is 6.07 Å². The molecule has 5 nitrogen and oxygen atoms in total. The third-order valence-electron chi connectivity index (χ3n) is 2.63. The van der Waals surface area contributed by atoms with Crippen LogP contribution in [0.3, 0.4) is 0 Å². The highest BCUT2D eigenvalue weighted by atomic mass is 16.5. The number of methoxy groups -OCH3 is 1. The van der Waals surface area contributed by atoms with Crippen LogP contribution in [0.25, 0.3) is 0 Å². The van der Waals surface area contributed by atoms with E-state index in [-0.39, 0.29) is 0 Å². The molecule has 1 aromatic rings. The molecule has 0 aliphatic carbocycles. The highest BCUT2D eigenvalue weighted by Crippen LogP contribution is 2.22. The van der Waals surface area contributed by atoms with Crippen molar-refractivity contribution in [1.29, 1.82) is 5.26 Å². The first-order valence-electron chi connectivity index (χ1n) is 5.25. The molecular formula is C11H14N4O. The van der Waals surface area contributed by atoms with Crippen LogP contribution in [0, 0.1) is 11.3 Å². The van der Waals surface area contributed by atoms with Crippen molar-refractivity contribution in [3.63, 3.8) is 0 Å². The Morgan fingerprint density at radius 3 is 2.88 bits per heavy atom. The van der Waals surface area contributed by atoms with Crippen LogP contribution in [-0.2, 0) is 0 Å². The van der Waals surface area contributed by atoms with Gasteiger partial charge < -0.3 is 15.0 Å². The van der Waals surface area contributed by atoms with Crippen LogP contribution in [0.4, 0.5) is 5.82 Å². The predicted molar refractivity (Wildman–Crippen MR) is 60.6 cm³/mol. The van der Waals surface area contributed by atoms with Crippen LogP contribution in [-0.4, -0.2) is 38.3 Å². The average molecular weight is 218 g/mol. The molecule has 1 fully saturated rings. The molecular weight excluding hydrogens is 204 g/mol. The van der Waals surface area contributed by atoms with Crippen molar-refractivity contribution in [2.75, 3.05) is 38.2 Å². The summed E-state index contributed by atoms with van der Waals surface area (Å²) < 4.78 is 5.16. The summed E-state index contributed by atoms with van der Waals surface area (Å²) in [5.74, 6) is 1.46. The number of nitrogens with zero attached hydrogens (tertiary/aromatic N) is 3. The maximum atomic E-state index is 8.86. The third kappa shape index (κ3) is 2.07. The van der Waals surface area contributed by atoms with Gasteiger partial charge in [0.25, 0.3) is 0 Å². The molecule has 0 unspecified atom stereocenters. The van der Waals surface area contributed by atoms with Crippen molar-refractivity contribution in [1.82, 2.24) is 10.3 Å². The SMILES string of the molecule is COc1cc(N2CCNCC2)ncc1C#N. The number of rotatable bonds is 2. The smallest absolute Gasteiger partial charge is 0.141 e. The summed E-state index contributed by atoms with van der Waals surface area (Å²) in [6, 6.07) is 3.88. The second-order valence-corrected chi connectivity index (χ2v) is 3.59. The largest absolute Gasteiger partial charge is 0.495 e. The Labute approximate surface area is 94.7 Å². The Balaban J connectivity index is 2.25. The van der Waals surface area contributed by atoms with Crippen LogP contribution < -0.4 is 15.0 Å². The van der Waals surface area contributed by atoms with Gasteiger partial charge in [-0.3, -0.25) is 0 Å². The van der Waals surface area contributed by atoms with Gasteiger partial charge in [-0.1, -0.05) is 0 Å². The van der Waals surface area contributed by atoms with Crippen LogP contribution in [0.15, 0.2) is 12.3 Å². The summed E-state index contributed by atoms with van der Waals surface area (Å²) in [4.78, 5) is 6.46. The molecule has 0 aromatic carbocycles. The van der Waals surface area contributed by atoms with Crippen molar-refractivity contribution in [3.8, 4) is 11.8 Å². The number of hydrogen-bond acceptors (Lipinski definition) is 5. The van der Waals surface area contributed by atoms with E-state index < -0.39 is 0 Å². The summed E-state index contributed by atoms with van der Waals surface area (Å²) >= 11 is 0. The number of pyridine rings is 1. The first-order chi connectivity index (χ1) is 7.85. The fraction of sp³-hybridized carbons (Fsp3) is 0.455. The number of ether oxygens (including phenoxy) is 1. The van der Waals surface area contributed by atoms with E-state index >= 15 is 0 Å². The molecule has 5 heteroatoms. The van der Waals surface area contributed by atoms with E-state index in [4.69, 9.17) is 10.00 Å². The second-order valence-electron chi connectivity index (χ2n) is 3.59. The van der Waals surface area contributed by atoms with E-state index in [1.165, 1.54) is 0 Å². The molecule has 16 heavy (non-hydrogen) atoms.